The van der Waals surface area contributed by atoms with Crippen LogP contribution >= 0.6 is 11.8 Å². The molecule has 0 aromatic carbocycles. The fraction of sp³-hybridized carbons (Fsp3) is 0.500. The van der Waals surface area contributed by atoms with Gasteiger partial charge >= 0.3 is 11.9 Å². The molecular formula is C10H15N3O4S. The van der Waals surface area contributed by atoms with Gasteiger partial charge in [-0.1, -0.05) is 18.7 Å². The maximum Gasteiger partial charge on any atom is 0.321 e. The van der Waals surface area contributed by atoms with Crippen molar-refractivity contribution in [1.82, 2.24) is 9.97 Å². The number of thioether (sulfide) groups is 1. The molecule has 18 heavy (non-hydrogen) atoms. The number of nitrogens with zero attached hydrogens (tertiary/aromatic N) is 1. The molecule has 1 heterocycles. The molecule has 1 aromatic rings. The third-order valence-corrected chi connectivity index (χ3v) is 3.28. The first-order chi connectivity index (χ1) is 8.40. The van der Waals surface area contributed by atoms with Crippen LogP contribution in [0.25, 0.3) is 0 Å². The summed E-state index contributed by atoms with van der Waals surface area (Å²) in [6, 6.07) is -0.943. The van der Waals surface area contributed by atoms with E-state index >= 15 is 0 Å². The predicted molar refractivity (Wildman–Crippen MR) is 65.4 cm³/mol. The minimum atomic E-state index is -1.06. The van der Waals surface area contributed by atoms with E-state index in [1.165, 1.54) is 11.8 Å². The second-order valence-corrected chi connectivity index (χ2v) is 4.92. The predicted octanol–water partition coefficient (Wildman–Crippen LogP) is 0.177. The Morgan fingerprint density at radius 1 is 1.50 bits per heavy atom. The minimum Gasteiger partial charge on any atom is -0.481 e. The van der Waals surface area contributed by atoms with Gasteiger partial charge in [-0.3, -0.25) is 9.59 Å². The number of carboxylic acid groups (broad SMARTS) is 2. The summed E-state index contributed by atoms with van der Waals surface area (Å²) in [6.07, 6.45) is 1.90. The highest BCUT2D eigenvalue weighted by atomic mass is 32.2. The van der Waals surface area contributed by atoms with Crippen molar-refractivity contribution in [1.29, 1.82) is 0 Å². The molecule has 0 amide bonds. The molecule has 1 aromatic heterocycles. The third-order valence-electron chi connectivity index (χ3n) is 2.27. The zero-order valence-corrected chi connectivity index (χ0v) is 10.6. The van der Waals surface area contributed by atoms with Gasteiger partial charge in [0.25, 0.3) is 0 Å². The average Bonchev–Trinajstić information content (AvgIpc) is 2.73. The number of aromatic nitrogens is 2. The number of nitrogens with two attached hydrogens (primary N) is 1. The van der Waals surface area contributed by atoms with Crippen molar-refractivity contribution in [3.05, 3.63) is 11.9 Å². The van der Waals surface area contributed by atoms with Crippen LogP contribution in [0.15, 0.2) is 11.4 Å². The Balaban J connectivity index is 2.48. The Morgan fingerprint density at radius 2 is 2.17 bits per heavy atom. The lowest BCUT2D eigenvalue weighted by Gasteiger charge is -2.04. The van der Waals surface area contributed by atoms with E-state index in [0.29, 0.717) is 17.3 Å². The summed E-state index contributed by atoms with van der Waals surface area (Å²) in [6.45, 7) is 1.61. The van der Waals surface area contributed by atoms with Gasteiger partial charge < -0.3 is 20.9 Å². The fourth-order valence-electron chi connectivity index (χ4n) is 1.17. The highest BCUT2D eigenvalue weighted by Crippen LogP contribution is 2.16. The quantitative estimate of drug-likeness (QED) is 0.521. The number of hydrogen-bond donors (Lipinski definition) is 4. The van der Waals surface area contributed by atoms with Gasteiger partial charge in [0, 0.05) is 24.1 Å². The molecule has 8 heteroatoms. The molecule has 1 rings (SSSR count). The average molecular weight is 273 g/mol. The van der Waals surface area contributed by atoms with Crippen LogP contribution in [-0.4, -0.2) is 43.9 Å². The van der Waals surface area contributed by atoms with Gasteiger partial charge in [0.15, 0.2) is 5.16 Å². The van der Waals surface area contributed by atoms with Gasteiger partial charge in [-0.05, 0) is 0 Å². The Kier molecular flexibility index (Phi) is 5.17. The first kappa shape index (κ1) is 14.5. The van der Waals surface area contributed by atoms with Crippen molar-refractivity contribution in [3.8, 4) is 0 Å². The van der Waals surface area contributed by atoms with Gasteiger partial charge in [-0.2, -0.15) is 0 Å². The number of carbonyl (C=O) groups is 2. The Labute approximate surface area is 108 Å². The van der Waals surface area contributed by atoms with Crippen LogP contribution in [0, 0.1) is 5.92 Å². The molecule has 100 valence electrons. The number of nitrogens with one attached hydrogen (secondary N) is 1. The van der Waals surface area contributed by atoms with Crippen LogP contribution in [0.4, 0.5) is 0 Å². The number of carboxylic acids is 2. The molecule has 0 fully saturated rings. The highest BCUT2D eigenvalue weighted by molar-refractivity contribution is 7.99. The lowest BCUT2D eigenvalue weighted by molar-refractivity contribution is -0.141. The van der Waals surface area contributed by atoms with E-state index in [4.69, 9.17) is 15.9 Å². The molecule has 0 bridgehead atoms. The molecule has 0 saturated heterocycles. The van der Waals surface area contributed by atoms with Crippen molar-refractivity contribution in [2.24, 2.45) is 11.7 Å². The van der Waals surface area contributed by atoms with E-state index in [0.717, 1.165) is 0 Å². The Hall–Kier alpha value is -1.54. The Morgan fingerprint density at radius 3 is 2.72 bits per heavy atom. The van der Waals surface area contributed by atoms with E-state index in [9.17, 15) is 9.59 Å². The summed E-state index contributed by atoms with van der Waals surface area (Å²) >= 11 is 1.19. The summed E-state index contributed by atoms with van der Waals surface area (Å²) in [4.78, 5) is 28.2. The second kappa shape index (κ2) is 6.41. The standard InChI is InChI=1S/C10H15N3O4S/c1-5(8(14)15)2-6-3-12-10(13-6)18-4-7(11)9(16)17/h3,5,7H,2,4,11H2,1H3,(H,12,13)(H,14,15)(H,16,17)/t5-,7-/m0/s1. The van der Waals surface area contributed by atoms with E-state index in [1.54, 1.807) is 13.1 Å². The summed E-state index contributed by atoms with van der Waals surface area (Å²) in [5, 5.41) is 17.9. The van der Waals surface area contributed by atoms with Gasteiger partial charge in [0.1, 0.15) is 6.04 Å². The summed E-state index contributed by atoms with van der Waals surface area (Å²) in [5.74, 6) is -2.22. The number of aromatic amines is 1. The molecule has 0 unspecified atom stereocenters. The number of imidazole rings is 1. The molecule has 0 aliphatic carbocycles. The lowest BCUT2D eigenvalue weighted by Crippen LogP contribution is -2.32. The topological polar surface area (TPSA) is 129 Å². The smallest absolute Gasteiger partial charge is 0.321 e. The van der Waals surface area contributed by atoms with Crippen molar-refractivity contribution >= 4 is 23.7 Å². The molecule has 0 aliphatic heterocycles. The van der Waals surface area contributed by atoms with Crippen LogP contribution in [0.2, 0.25) is 0 Å². The van der Waals surface area contributed by atoms with Crippen molar-refractivity contribution in [2.75, 3.05) is 5.75 Å². The van der Waals surface area contributed by atoms with Crippen LogP contribution in [0.5, 0.6) is 0 Å². The van der Waals surface area contributed by atoms with Gasteiger partial charge in [0.2, 0.25) is 0 Å². The van der Waals surface area contributed by atoms with E-state index < -0.39 is 23.9 Å². The van der Waals surface area contributed by atoms with Gasteiger partial charge in [-0.25, -0.2) is 4.98 Å². The lowest BCUT2D eigenvalue weighted by atomic mass is 10.1. The molecule has 5 N–H and O–H groups in total. The maximum atomic E-state index is 10.7. The molecule has 7 nitrogen and oxygen atoms in total. The van der Waals surface area contributed by atoms with Crippen LogP contribution in [-0.2, 0) is 16.0 Å². The van der Waals surface area contributed by atoms with Crippen molar-refractivity contribution in [2.45, 2.75) is 24.5 Å². The Bertz CT molecular complexity index is 435. The minimum absolute atomic E-state index is 0.205. The van der Waals surface area contributed by atoms with Gasteiger partial charge in [-0.15, -0.1) is 0 Å². The first-order valence-electron chi connectivity index (χ1n) is 5.28. The van der Waals surface area contributed by atoms with Crippen molar-refractivity contribution in [3.63, 3.8) is 0 Å². The number of hydrogen-bond acceptors (Lipinski definition) is 5. The molecule has 0 radical (unpaired) electrons. The van der Waals surface area contributed by atoms with E-state index in [2.05, 4.69) is 9.97 Å². The monoisotopic (exact) mass is 273 g/mol. The van der Waals surface area contributed by atoms with Gasteiger partial charge in [0.05, 0.1) is 5.92 Å². The highest BCUT2D eigenvalue weighted by Gasteiger charge is 2.15. The van der Waals surface area contributed by atoms with Crippen molar-refractivity contribution < 1.29 is 19.8 Å². The number of H-pyrrole nitrogens is 1. The summed E-state index contributed by atoms with van der Waals surface area (Å²) in [7, 11) is 0. The number of rotatable bonds is 7. The normalized spacial score (nSPS) is 14.1. The SMILES string of the molecule is C[C@@H](Cc1cnc(SC[C@H](N)C(=O)O)[nH]1)C(=O)O. The van der Waals surface area contributed by atoms with Crippen LogP contribution in [0.3, 0.4) is 0 Å². The largest absolute Gasteiger partial charge is 0.481 e. The molecule has 0 saturated carbocycles. The summed E-state index contributed by atoms with van der Waals surface area (Å²) < 4.78 is 0. The zero-order valence-electron chi connectivity index (χ0n) is 9.79. The number of aliphatic carboxylic acids is 2. The fourth-order valence-corrected chi connectivity index (χ4v) is 1.98. The van der Waals surface area contributed by atoms with E-state index in [-0.39, 0.29) is 5.75 Å². The molecule has 0 spiro atoms. The first-order valence-corrected chi connectivity index (χ1v) is 6.26. The summed E-state index contributed by atoms with van der Waals surface area (Å²) in [5.41, 5.74) is 6.06. The van der Waals surface area contributed by atoms with Crippen LogP contribution < -0.4 is 5.73 Å². The maximum absolute atomic E-state index is 10.7. The molecular weight excluding hydrogens is 258 g/mol. The second-order valence-electron chi connectivity index (χ2n) is 3.91. The zero-order chi connectivity index (χ0) is 13.7. The van der Waals surface area contributed by atoms with E-state index in [1.807, 2.05) is 0 Å². The molecule has 2 atom stereocenters. The van der Waals surface area contributed by atoms with Crippen LogP contribution in [0.1, 0.15) is 12.6 Å². The third kappa shape index (κ3) is 4.38. The molecule has 0 aliphatic rings.